The fourth-order valence-corrected chi connectivity index (χ4v) is 6.23. The molecule has 1 aliphatic heterocycles. The van der Waals surface area contributed by atoms with E-state index in [0.29, 0.717) is 18.0 Å². The number of aromatic amines is 1. The Kier molecular flexibility index (Phi) is 5.78. The summed E-state index contributed by atoms with van der Waals surface area (Å²) in [5.41, 5.74) is 3.37. The van der Waals surface area contributed by atoms with E-state index in [2.05, 4.69) is 15.7 Å². The van der Waals surface area contributed by atoms with Crippen LogP contribution >= 0.6 is 34.4 Å². The highest BCUT2D eigenvalue weighted by atomic mass is 32.2. The maximum Gasteiger partial charge on any atom is 0.344 e. The van der Waals surface area contributed by atoms with Crippen LogP contribution in [0, 0.1) is 0 Å². The Balaban J connectivity index is 1.26. The molecule has 4 heterocycles. The smallest absolute Gasteiger partial charge is 0.332 e. The molecule has 8 nitrogen and oxygen atoms in total. The Morgan fingerprint density at radius 1 is 1.12 bits per heavy atom. The first-order chi connectivity index (χ1) is 15.6. The average Bonchev–Trinajstić information content (AvgIpc) is 3.58. The van der Waals surface area contributed by atoms with Gasteiger partial charge in [0, 0.05) is 0 Å². The topological polar surface area (TPSA) is 107 Å². The van der Waals surface area contributed by atoms with Crippen molar-refractivity contribution in [3.05, 3.63) is 35.0 Å². The third-order valence-electron chi connectivity index (χ3n) is 5.65. The zero-order chi connectivity index (χ0) is 22.1. The largest absolute Gasteiger partial charge is 0.344 e. The van der Waals surface area contributed by atoms with Crippen molar-refractivity contribution in [3.8, 4) is 21.1 Å². The second-order valence-electron chi connectivity index (χ2n) is 7.76. The number of hydrogen-bond acceptors (Lipinski definition) is 7. The Hall–Kier alpha value is -2.63. The number of hydrogen-bond donors (Lipinski definition) is 3. The van der Waals surface area contributed by atoms with Gasteiger partial charge in [0.15, 0.2) is 5.16 Å². The zero-order valence-electron chi connectivity index (χ0n) is 17.1. The number of hydrazine groups is 1. The number of H-pyrrole nitrogens is 1. The Morgan fingerprint density at radius 3 is 2.53 bits per heavy atom. The lowest BCUT2D eigenvalue weighted by Crippen LogP contribution is -2.51. The van der Waals surface area contributed by atoms with E-state index in [0.717, 1.165) is 45.4 Å². The third-order valence-corrected chi connectivity index (χ3v) is 8.29. The van der Waals surface area contributed by atoms with Crippen LogP contribution in [-0.4, -0.2) is 44.1 Å². The van der Waals surface area contributed by atoms with Gasteiger partial charge in [0.25, 0.3) is 5.91 Å². The van der Waals surface area contributed by atoms with E-state index in [1.807, 2.05) is 35.0 Å². The summed E-state index contributed by atoms with van der Waals surface area (Å²) >= 11 is 4.45. The molecule has 11 heteroatoms. The molecule has 5 rings (SSSR count). The number of imidazole rings is 1. The third kappa shape index (κ3) is 3.96. The molecular formula is C21H21N5O3S3. The number of rotatable bonds is 6. The van der Waals surface area contributed by atoms with Crippen LogP contribution in [0.1, 0.15) is 32.1 Å². The number of aromatic nitrogens is 2. The monoisotopic (exact) mass is 487 g/mol. The summed E-state index contributed by atoms with van der Waals surface area (Å²) in [7, 11) is 0. The first-order valence-electron chi connectivity index (χ1n) is 10.3. The molecule has 1 saturated heterocycles. The van der Waals surface area contributed by atoms with Crippen LogP contribution in [0.4, 0.5) is 4.79 Å². The highest BCUT2D eigenvalue weighted by molar-refractivity contribution is 7.99. The molecule has 2 aliphatic rings. The summed E-state index contributed by atoms with van der Waals surface area (Å²) in [6, 6.07) is 7.43. The lowest BCUT2D eigenvalue weighted by atomic mass is 9.82. The molecule has 166 valence electrons. The van der Waals surface area contributed by atoms with Crippen LogP contribution in [0.25, 0.3) is 21.1 Å². The molecule has 32 heavy (non-hydrogen) atoms. The predicted octanol–water partition coefficient (Wildman–Crippen LogP) is 4.24. The Labute approximate surface area is 196 Å². The van der Waals surface area contributed by atoms with Crippen molar-refractivity contribution in [3.63, 3.8) is 0 Å². The van der Waals surface area contributed by atoms with Gasteiger partial charge in [0.05, 0.1) is 21.2 Å². The number of nitrogens with one attached hydrogen (secondary N) is 3. The summed E-state index contributed by atoms with van der Waals surface area (Å²) in [4.78, 5) is 47.8. The maximum atomic E-state index is 12.8. The first kappa shape index (κ1) is 21.2. The maximum absolute atomic E-state index is 12.8. The zero-order valence-corrected chi connectivity index (χ0v) is 19.5. The second kappa shape index (κ2) is 8.72. The van der Waals surface area contributed by atoms with Gasteiger partial charge in [0.1, 0.15) is 11.2 Å². The van der Waals surface area contributed by atoms with Gasteiger partial charge in [-0.1, -0.05) is 43.2 Å². The normalized spacial score (nSPS) is 17.7. The van der Waals surface area contributed by atoms with Crippen molar-refractivity contribution in [2.45, 2.75) is 42.8 Å². The van der Waals surface area contributed by atoms with E-state index >= 15 is 0 Å². The summed E-state index contributed by atoms with van der Waals surface area (Å²) in [6.07, 6.45) is 4.06. The van der Waals surface area contributed by atoms with E-state index in [4.69, 9.17) is 4.98 Å². The van der Waals surface area contributed by atoms with Gasteiger partial charge in [-0.05, 0) is 35.7 Å². The van der Waals surface area contributed by atoms with Gasteiger partial charge >= 0.3 is 6.03 Å². The first-order valence-corrected chi connectivity index (χ1v) is 13.1. The average molecular weight is 488 g/mol. The molecule has 0 radical (unpaired) electrons. The molecule has 0 unspecified atom stereocenters. The van der Waals surface area contributed by atoms with Crippen LogP contribution in [0.15, 0.2) is 40.2 Å². The summed E-state index contributed by atoms with van der Waals surface area (Å²) in [6.45, 7) is 0. The number of imide groups is 1. The minimum atomic E-state index is -0.859. The lowest BCUT2D eigenvalue weighted by molar-refractivity contribution is -0.139. The molecule has 3 aromatic heterocycles. The fourth-order valence-electron chi connectivity index (χ4n) is 4.12. The molecule has 3 N–H and O–H groups in total. The van der Waals surface area contributed by atoms with E-state index in [9.17, 15) is 14.4 Å². The number of nitrogens with zero attached hydrogens (tertiary/aromatic N) is 2. The van der Waals surface area contributed by atoms with Crippen molar-refractivity contribution in [1.82, 2.24) is 25.7 Å². The lowest BCUT2D eigenvalue weighted by Gasteiger charge is -2.30. The molecule has 2 fully saturated rings. The number of thiophene rings is 2. The van der Waals surface area contributed by atoms with E-state index in [1.54, 1.807) is 22.7 Å². The fraction of sp³-hybridized carbons (Fsp3) is 0.333. The molecule has 1 spiro atoms. The summed E-state index contributed by atoms with van der Waals surface area (Å²) in [5, 5.41) is 8.24. The molecule has 1 aliphatic carbocycles. The van der Waals surface area contributed by atoms with E-state index in [1.165, 1.54) is 11.8 Å². The number of urea groups is 1. The van der Waals surface area contributed by atoms with Crippen LogP contribution in [-0.2, 0) is 9.59 Å². The van der Waals surface area contributed by atoms with Crippen molar-refractivity contribution in [2.75, 3.05) is 5.75 Å². The predicted molar refractivity (Wildman–Crippen MR) is 125 cm³/mol. The number of amides is 4. The van der Waals surface area contributed by atoms with Crippen LogP contribution in [0.5, 0.6) is 0 Å². The molecule has 0 atom stereocenters. The molecule has 1 saturated carbocycles. The van der Waals surface area contributed by atoms with Gasteiger partial charge in [-0.2, -0.15) is 5.01 Å². The summed E-state index contributed by atoms with van der Waals surface area (Å²) < 4.78 is 0. The van der Waals surface area contributed by atoms with Crippen molar-refractivity contribution < 1.29 is 14.4 Å². The van der Waals surface area contributed by atoms with Crippen LogP contribution < -0.4 is 10.7 Å². The standard InChI is InChI=1S/C21H21N5O3S3/c27-15(25-26-18(28)21(24-20(26)29)8-2-1-3-9-21)12-32-19-22-16(13-6-4-10-30-13)17(23-19)14-7-5-11-31-14/h4-7,10-11H,1-3,8-9,12H2,(H,22,23)(H,24,29)(H,25,27). The van der Waals surface area contributed by atoms with Crippen LogP contribution in [0.3, 0.4) is 0 Å². The van der Waals surface area contributed by atoms with E-state index in [-0.39, 0.29) is 11.7 Å². The van der Waals surface area contributed by atoms with Crippen molar-refractivity contribution in [1.29, 1.82) is 0 Å². The molecular weight excluding hydrogens is 466 g/mol. The van der Waals surface area contributed by atoms with Gasteiger partial charge in [0.2, 0.25) is 5.91 Å². The van der Waals surface area contributed by atoms with Gasteiger partial charge in [-0.15, -0.1) is 22.7 Å². The second-order valence-corrected chi connectivity index (χ2v) is 10.6. The Bertz CT molecular complexity index is 1080. The highest BCUT2D eigenvalue weighted by Crippen LogP contribution is 2.37. The van der Waals surface area contributed by atoms with Crippen LogP contribution in [0.2, 0.25) is 0 Å². The van der Waals surface area contributed by atoms with Crippen molar-refractivity contribution >= 4 is 52.3 Å². The van der Waals surface area contributed by atoms with E-state index < -0.39 is 17.5 Å². The molecule has 0 bridgehead atoms. The molecule has 0 aromatic carbocycles. The minimum Gasteiger partial charge on any atom is -0.332 e. The van der Waals surface area contributed by atoms with Gasteiger partial charge in [-0.25, -0.2) is 9.78 Å². The quantitative estimate of drug-likeness (QED) is 0.356. The Morgan fingerprint density at radius 2 is 1.84 bits per heavy atom. The molecule has 3 aromatic rings. The molecule has 4 amide bonds. The number of thioether (sulfide) groups is 1. The van der Waals surface area contributed by atoms with Gasteiger partial charge in [-0.3, -0.25) is 15.0 Å². The minimum absolute atomic E-state index is 0.0192. The SMILES string of the molecule is O=C(CSc1nc(-c2cccs2)c(-c2cccs2)[nH]1)NN1C(=O)NC2(CCCCC2)C1=O. The highest BCUT2D eigenvalue weighted by Gasteiger charge is 2.52. The number of carbonyl (C=O) groups is 3. The summed E-state index contributed by atoms with van der Waals surface area (Å²) in [5.74, 6) is -0.776. The van der Waals surface area contributed by atoms with Crippen molar-refractivity contribution in [2.24, 2.45) is 0 Å². The van der Waals surface area contributed by atoms with Gasteiger partial charge < -0.3 is 10.3 Å². The number of carbonyl (C=O) groups excluding carboxylic acids is 3.